The molecule has 0 aliphatic rings. The Balaban J connectivity index is 2.84. The van der Waals surface area contributed by atoms with Crippen LogP contribution in [0.2, 0.25) is 0 Å². The molecule has 0 aromatic heterocycles. The molecular weight excluding hydrogens is 231 g/mol. The van der Waals surface area contributed by atoms with Crippen LogP contribution in [-0.2, 0) is 11.3 Å². The molecule has 4 heteroatoms. The van der Waals surface area contributed by atoms with Crippen LogP contribution in [0.5, 0.6) is 0 Å². The van der Waals surface area contributed by atoms with Crippen LogP contribution in [-0.4, -0.2) is 23.4 Å². The van der Waals surface area contributed by atoms with Gasteiger partial charge in [-0.2, -0.15) is 0 Å². The standard InChI is InChI=1S/C14H21FN2O/c1-10(2)17(14(18)11(3)8-16)9-12-5-4-6-13(15)7-12/h4-7,10-11H,8-9,16H2,1-3H3. The van der Waals surface area contributed by atoms with Gasteiger partial charge in [0.05, 0.1) is 0 Å². The maximum absolute atomic E-state index is 13.1. The fourth-order valence-electron chi connectivity index (χ4n) is 1.73. The summed E-state index contributed by atoms with van der Waals surface area (Å²) in [6.07, 6.45) is 0. The molecule has 1 rings (SSSR count). The average Bonchev–Trinajstić information content (AvgIpc) is 2.34. The molecule has 18 heavy (non-hydrogen) atoms. The number of carbonyl (C=O) groups is 1. The number of nitrogens with two attached hydrogens (primary N) is 1. The van der Waals surface area contributed by atoms with Gasteiger partial charge in [0, 0.05) is 25.0 Å². The highest BCUT2D eigenvalue weighted by molar-refractivity contribution is 5.79. The zero-order chi connectivity index (χ0) is 13.7. The second-order valence-corrected chi connectivity index (χ2v) is 4.83. The molecule has 1 unspecified atom stereocenters. The largest absolute Gasteiger partial charge is 0.336 e. The Morgan fingerprint density at radius 2 is 2.06 bits per heavy atom. The topological polar surface area (TPSA) is 46.3 Å². The van der Waals surface area contributed by atoms with Gasteiger partial charge in [0.25, 0.3) is 0 Å². The molecule has 0 spiro atoms. The number of amides is 1. The van der Waals surface area contributed by atoms with Crippen molar-refractivity contribution in [3.05, 3.63) is 35.6 Å². The van der Waals surface area contributed by atoms with Crippen molar-refractivity contribution in [2.24, 2.45) is 11.7 Å². The lowest BCUT2D eigenvalue weighted by Gasteiger charge is -2.29. The Morgan fingerprint density at radius 1 is 1.39 bits per heavy atom. The van der Waals surface area contributed by atoms with E-state index in [1.807, 2.05) is 26.8 Å². The quantitative estimate of drug-likeness (QED) is 0.873. The summed E-state index contributed by atoms with van der Waals surface area (Å²) in [5, 5.41) is 0. The van der Waals surface area contributed by atoms with E-state index in [0.29, 0.717) is 13.1 Å². The Morgan fingerprint density at radius 3 is 2.56 bits per heavy atom. The van der Waals surface area contributed by atoms with E-state index in [4.69, 9.17) is 5.73 Å². The third kappa shape index (κ3) is 3.81. The summed E-state index contributed by atoms with van der Waals surface area (Å²) in [6, 6.07) is 6.39. The van der Waals surface area contributed by atoms with Gasteiger partial charge in [-0.1, -0.05) is 19.1 Å². The molecule has 0 saturated carbocycles. The van der Waals surface area contributed by atoms with E-state index in [9.17, 15) is 9.18 Å². The molecule has 1 atom stereocenters. The maximum atomic E-state index is 13.1. The van der Waals surface area contributed by atoms with Crippen molar-refractivity contribution in [2.75, 3.05) is 6.54 Å². The van der Waals surface area contributed by atoms with E-state index in [2.05, 4.69) is 0 Å². The second kappa shape index (κ2) is 6.50. The van der Waals surface area contributed by atoms with Crippen LogP contribution in [0.15, 0.2) is 24.3 Å². The highest BCUT2D eigenvalue weighted by Gasteiger charge is 2.21. The third-order valence-electron chi connectivity index (χ3n) is 2.92. The van der Waals surface area contributed by atoms with E-state index in [0.717, 1.165) is 5.56 Å². The van der Waals surface area contributed by atoms with Gasteiger partial charge in [-0.25, -0.2) is 4.39 Å². The molecule has 1 amide bonds. The maximum Gasteiger partial charge on any atom is 0.227 e. The number of hydrogen-bond donors (Lipinski definition) is 1. The third-order valence-corrected chi connectivity index (χ3v) is 2.92. The van der Waals surface area contributed by atoms with Crippen LogP contribution in [0.25, 0.3) is 0 Å². The first kappa shape index (κ1) is 14.6. The second-order valence-electron chi connectivity index (χ2n) is 4.83. The molecule has 1 aromatic carbocycles. The number of rotatable bonds is 5. The lowest BCUT2D eigenvalue weighted by atomic mass is 10.1. The predicted molar refractivity (Wildman–Crippen MR) is 70.3 cm³/mol. The molecule has 1 aromatic rings. The van der Waals surface area contributed by atoms with Gasteiger partial charge in [-0.15, -0.1) is 0 Å². The number of halogens is 1. The molecule has 100 valence electrons. The van der Waals surface area contributed by atoms with Gasteiger partial charge in [-0.05, 0) is 31.5 Å². The van der Waals surface area contributed by atoms with E-state index in [1.165, 1.54) is 12.1 Å². The molecule has 2 N–H and O–H groups in total. The lowest BCUT2D eigenvalue weighted by Crippen LogP contribution is -2.41. The van der Waals surface area contributed by atoms with Crippen molar-refractivity contribution in [3.8, 4) is 0 Å². The SMILES string of the molecule is CC(CN)C(=O)N(Cc1cccc(F)c1)C(C)C. The zero-order valence-corrected chi connectivity index (χ0v) is 11.2. The van der Waals surface area contributed by atoms with Crippen LogP contribution < -0.4 is 5.73 Å². The molecule has 0 bridgehead atoms. The van der Waals surface area contributed by atoms with Gasteiger partial charge in [0.15, 0.2) is 0 Å². The van der Waals surface area contributed by atoms with E-state index in [-0.39, 0.29) is 23.7 Å². The van der Waals surface area contributed by atoms with Gasteiger partial charge in [0.1, 0.15) is 5.82 Å². The first-order chi connectivity index (χ1) is 8.45. The summed E-state index contributed by atoms with van der Waals surface area (Å²) < 4.78 is 13.1. The first-order valence-electron chi connectivity index (χ1n) is 6.20. The molecule has 0 aliphatic heterocycles. The van der Waals surface area contributed by atoms with Crippen molar-refractivity contribution in [1.82, 2.24) is 4.90 Å². The summed E-state index contributed by atoms with van der Waals surface area (Å²) in [4.78, 5) is 13.9. The Hall–Kier alpha value is -1.42. The first-order valence-corrected chi connectivity index (χ1v) is 6.20. The predicted octanol–water partition coefficient (Wildman–Crippen LogP) is 2.16. The van der Waals surface area contributed by atoms with E-state index in [1.54, 1.807) is 11.0 Å². The van der Waals surface area contributed by atoms with E-state index < -0.39 is 0 Å². The minimum Gasteiger partial charge on any atom is -0.336 e. The Bertz CT molecular complexity index is 407. The Kier molecular flexibility index (Phi) is 5.28. The summed E-state index contributed by atoms with van der Waals surface area (Å²) in [5.41, 5.74) is 6.31. The molecular formula is C14H21FN2O. The highest BCUT2D eigenvalue weighted by Crippen LogP contribution is 2.13. The zero-order valence-electron chi connectivity index (χ0n) is 11.2. The summed E-state index contributed by atoms with van der Waals surface area (Å²) in [6.45, 7) is 6.44. The molecule has 0 radical (unpaired) electrons. The highest BCUT2D eigenvalue weighted by atomic mass is 19.1. The van der Waals surface area contributed by atoms with Gasteiger partial charge in [-0.3, -0.25) is 4.79 Å². The Labute approximate surface area is 108 Å². The van der Waals surface area contributed by atoms with E-state index >= 15 is 0 Å². The van der Waals surface area contributed by atoms with Crippen LogP contribution in [0.3, 0.4) is 0 Å². The van der Waals surface area contributed by atoms with Crippen molar-refractivity contribution < 1.29 is 9.18 Å². The van der Waals surface area contributed by atoms with Crippen LogP contribution >= 0.6 is 0 Å². The lowest BCUT2D eigenvalue weighted by molar-refractivity contribution is -0.137. The summed E-state index contributed by atoms with van der Waals surface area (Å²) >= 11 is 0. The molecule has 0 saturated heterocycles. The van der Waals surface area contributed by atoms with Gasteiger partial charge in [0.2, 0.25) is 5.91 Å². The normalized spacial score (nSPS) is 12.6. The van der Waals surface area contributed by atoms with Crippen LogP contribution in [0.4, 0.5) is 4.39 Å². The molecule has 0 heterocycles. The number of hydrogen-bond acceptors (Lipinski definition) is 2. The van der Waals surface area contributed by atoms with Crippen molar-refractivity contribution in [3.63, 3.8) is 0 Å². The number of carbonyl (C=O) groups excluding carboxylic acids is 1. The number of nitrogens with zero attached hydrogens (tertiary/aromatic N) is 1. The van der Waals surface area contributed by atoms with Gasteiger partial charge < -0.3 is 10.6 Å². The van der Waals surface area contributed by atoms with Crippen LogP contribution in [0.1, 0.15) is 26.3 Å². The van der Waals surface area contributed by atoms with Crippen molar-refractivity contribution in [1.29, 1.82) is 0 Å². The summed E-state index contributed by atoms with van der Waals surface area (Å²) in [5.74, 6) is -0.478. The molecule has 3 nitrogen and oxygen atoms in total. The fraction of sp³-hybridized carbons (Fsp3) is 0.500. The minimum atomic E-state index is -0.282. The molecule has 0 fully saturated rings. The smallest absolute Gasteiger partial charge is 0.227 e. The van der Waals surface area contributed by atoms with Crippen molar-refractivity contribution in [2.45, 2.75) is 33.4 Å². The number of benzene rings is 1. The monoisotopic (exact) mass is 252 g/mol. The van der Waals surface area contributed by atoms with Crippen LogP contribution in [0, 0.1) is 11.7 Å². The fourth-order valence-corrected chi connectivity index (χ4v) is 1.73. The average molecular weight is 252 g/mol. The summed E-state index contributed by atoms with van der Waals surface area (Å²) in [7, 11) is 0. The molecule has 0 aliphatic carbocycles. The van der Waals surface area contributed by atoms with Crippen molar-refractivity contribution >= 4 is 5.91 Å². The van der Waals surface area contributed by atoms with Gasteiger partial charge >= 0.3 is 0 Å². The minimum absolute atomic E-state index is 0.0109.